The van der Waals surface area contributed by atoms with Gasteiger partial charge in [0, 0.05) is 0 Å². The van der Waals surface area contributed by atoms with Crippen molar-refractivity contribution >= 4 is 0 Å². The van der Waals surface area contributed by atoms with Gasteiger partial charge in [-0.05, 0) is 39.0 Å². The van der Waals surface area contributed by atoms with Crippen molar-refractivity contribution in [3.8, 4) is 0 Å². The van der Waals surface area contributed by atoms with Crippen molar-refractivity contribution in [2.75, 3.05) is 0 Å². The lowest BCUT2D eigenvalue weighted by Crippen LogP contribution is -1.83. The molecule has 95 valence electrons. The molecule has 0 saturated carbocycles. The summed E-state index contributed by atoms with van der Waals surface area (Å²) < 4.78 is 0. The molecule has 0 fully saturated rings. The molecular weight excluding hydrogens is 192 g/mol. The largest absolute Gasteiger partial charge is 0.0853 e. The van der Waals surface area contributed by atoms with Gasteiger partial charge < -0.3 is 0 Å². The van der Waals surface area contributed by atoms with Crippen molar-refractivity contribution in [2.45, 2.75) is 84.5 Å². The average molecular weight is 223 g/mol. The van der Waals surface area contributed by atoms with Crippen LogP contribution in [0.2, 0.25) is 0 Å². The van der Waals surface area contributed by atoms with Gasteiger partial charge in [0.25, 0.3) is 0 Å². The molecule has 1 radical (unpaired) electrons. The van der Waals surface area contributed by atoms with Gasteiger partial charge in [-0.15, -0.1) is 0 Å². The highest BCUT2D eigenvalue weighted by Crippen LogP contribution is 2.14. The molecule has 0 heteroatoms. The molecule has 0 aromatic carbocycles. The van der Waals surface area contributed by atoms with Gasteiger partial charge in [0.05, 0.1) is 0 Å². The lowest BCUT2D eigenvalue weighted by Gasteiger charge is -2.03. The Morgan fingerprint density at radius 2 is 1.50 bits per heavy atom. The van der Waals surface area contributed by atoms with E-state index in [2.05, 4.69) is 26.8 Å². The van der Waals surface area contributed by atoms with Gasteiger partial charge in [0.2, 0.25) is 0 Å². The molecule has 0 amide bonds. The third-order valence-electron chi connectivity index (χ3n) is 3.16. The second kappa shape index (κ2) is 12.8. The highest BCUT2D eigenvalue weighted by Gasteiger charge is 1.94. The molecule has 0 aliphatic rings. The third-order valence-corrected chi connectivity index (χ3v) is 3.16. The van der Waals surface area contributed by atoms with Crippen LogP contribution in [0.25, 0.3) is 0 Å². The van der Waals surface area contributed by atoms with Crippen LogP contribution in [0.4, 0.5) is 0 Å². The van der Waals surface area contributed by atoms with Crippen LogP contribution in [0.1, 0.15) is 84.5 Å². The van der Waals surface area contributed by atoms with Crippen molar-refractivity contribution in [1.82, 2.24) is 0 Å². The molecule has 0 rings (SSSR count). The Kier molecular flexibility index (Phi) is 12.6. The van der Waals surface area contributed by atoms with Gasteiger partial charge >= 0.3 is 0 Å². The number of unbranched alkanes of at least 4 members (excludes halogenated alkanes) is 7. The van der Waals surface area contributed by atoms with Crippen LogP contribution < -0.4 is 0 Å². The Morgan fingerprint density at radius 3 is 2.12 bits per heavy atom. The van der Waals surface area contributed by atoms with Crippen molar-refractivity contribution in [1.29, 1.82) is 0 Å². The van der Waals surface area contributed by atoms with Gasteiger partial charge in [0.15, 0.2) is 0 Å². The quantitative estimate of drug-likeness (QED) is 0.294. The Labute approximate surface area is 104 Å². The lowest BCUT2D eigenvalue weighted by molar-refractivity contribution is 0.610. The second-order valence-corrected chi connectivity index (χ2v) is 4.77. The minimum absolute atomic E-state index is 1.01. The maximum atomic E-state index is 4.01. The Bertz CT molecular complexity index is 155. The van der Waals surface area contributed by atoms with E-state index in [0.29, 0.717) is 0 Å². The number of hydrogen-bond donors (Lipinski definition) is 0. The monoisotopic (exact) mass is 223 g/mol. The summed E-state index contributed by atoms with van der Waals surface area (Å²) in [6, 6.07) is 0. The van der Waals surface area contributed by atoms with Crippen LogP contribution in [-0.4, -0.2) is 0 Å². The summed E-state index contributed by atoms with van der Waals surface area (Å²) in [4.78, 5) is 0. The zero-order chi connectivity index (χ0) is 12.1. The molecule has 0 aromatic heterocycles. The Morgan fingerprint density at radius 1 is 0.875 bits per heavy atom. The molecule has 0 N–H and O–H groups in total. The topological polar surface area (TPSA) is 0 Å². The van der Waals surface area contributed by atoms with Crippen LogP contribution in [0, 0.1) is 6.92 Å². The van der Waals surface area contributed by atoms with Gasteiger partial charge in [-0.3, -0.25) is 0 Å². The Balaban J connectivity index is 3.40. The number of hydrogen-bond acceptors (Lipinski definition) is 0. The fourth-order valence-corrected chi connectivity index (χ4v) is 1.96. The fourth-order valence-electron chi connectivity index (χ4n) is 1.96. The predicted octanol–water partition coefficient (Wildman–Crippen LogP) is 6.08. The first-order valence-electron chi connectivity index (χ1n) is 7.32. The van der Waals surface area contributed by atoms with Crippen LogP contribution in [0.5, 0.6) is 0 Å². The van der Waals surface area contributed by atoms with E-state index in [1.165, 1.54) is 64.2 Å². The first-order chi connectivity index (χ1) is 7.85. The molecule has 16 heavy (non-hydrogen) atoms. The van der Waals surface area contributed by atoms with Gasteiger partial charge in [-0.1, -0.05) is 64.0 Å². The lowest BCUT2D eigenvalue weighted by atomic mass is 10.0. The first kappa shape index (κ1) is 15.7. The number of allylic oxidation sites excluding steroid dienone is 2. The van der Waals surface area contributed by atoms with Crippen molar-refractivity contribution in [2.24, 2.45) is 0 Å². The van der Waals surface area contributed by atoms with Crippen molar-refractivity contribution < 1.29 is 0 Å². The molecule has 0 aliphatic heterocycles. The van der Waals surface area contributed by atoms with E-state index in [-0.39, 0.29) is 0 Å². The standard InChI is InChI=1S/C16H31/c1-4-7-9-10-11-12-13-15-16(6-3)14-8-5-2/h15H,3-14H2,1-2H3. The fraction of sp³-hybridized carbons (Fsp3) is 0.812. The van der Waals surface area contributed by atoms with Crippen LogP contribution in [0.3, 0.4) is 0 Å². The summed E-state index contributed by atoms with van der Waals surface area (Å²) in [5.41, 5.74) is 1.58. The summed E-state index contributed by atoms with van der Waals surface area (Å²) in [5.74, 6) is 0. The molecule has 0 aliphatic carbocycles. The molecule has 0 unspecified atom stereocenters. The van der Waals surface area contributed by atoms with E-state index >= 15 is 0 Å². The van der Waals surface area contributed by atoms with Crippen molar-refractivity contribution in [3.05, 3.63) is 18.6 Å². The molecular formula is C16H31. The molecule has 0 aromatic rings. The molecule has 0 saturated heterocycles. The van der Waals surface area contributed by atoms with E-state index in [0.717, 1.165) is 6.42 Å². The number of rotatable bonds is 11. The first-order valence-corrected chi connectivity index (χ1v) is 7.32. The Hall–Kier alpha value is -0.260. The average Bonchev–Trinajstić information content (AvgIpc) is 2.32. The van der Waals surface area contributed by atoms with E-state index in [4.69, 9.17) is 0 Å². The maximum absolute atomic E-state index is 4.01. The zero-order valence-electron chi connectivity index (χ0n) is 11.6. The maximum Gasteiger partial charge on any atom is -0.0320 e. The van der Waals surface area contributed by atoms with E-state index in [1.807, 2.05) is 0 Å². The van der Waals surface area contributed by atoms with E-state index in [1.54, 1.807) is 5.57 Å². The summed E-state index contributed by atoms with van der Waals surface area (Å²) >= 11 is 0. The van der Waals surface area contributed by atoms with Crippen molar-refractivity contribution in [3.63, 3.8) is 0 Å². The van der Waals surface area contributed by atoms with Gasteiger partial charge in [-0.25, -0.2) is 0 Å². The smallest absolute Gasteiger partial charge is 0.0320 e. The molecule has 0 nitrogen and oxygen atoms in total. The summed E-state index contributed by atoms with van der Waals surface area (Å²) in [5, 5.41) is 0. The molecule has 0 bridgehead atoms. The molecule has 0 atom stereocenters. The normalized spacial score (nSPS) is 12.1. The highest BCUT2D eigenvalue weighted by molar-refractivity contribution is 5.02. The van der Waals surface area contributed by atoms with E-state index < -0.39 is 0 Å². The summed E-state index contributed by atoms with van der Waals surface area (Å²) in [7, 11) is 0. The third kappa shape index (κ3) is 10.3. The molecule has 0 spiro atoms. The van der Waals surface area contributed by atoms with E-state index in [9.17, 15) is 0 Å². The SMILES string of the molecule is [CH2]CC(=CCCCCCCCC)CCCC. The van der Waals surface area contributed by atoms with Crippen LogP contribution in [0.15, 0.2) is 11.6 Å². The summed E-state index contributed by atoms with van der Waals surface area (Å²) in [6.45, 7) is 8.54. The summed E-state index contributed by atoms with van der Waals surface area (Å²) in [6.07, 6.45) is 17.0. The minimum Gasteiger partial charge on any atom is -0.0853 e. The predicted molar refractivity (Wildman–Crippen MR) is 75.6 cm³/mol. The van der Waals surface area contributed by atoms with Gasteiger partial charge in [-0.2, -0.15) is 0 Å². The van der Waals surface area contributed by atoms with Crippen LogP contribution in [-0.2, 0) is 0 Å². The second-order valence-electron chi connectivity index (χ2n) is 4.77. The minimum atomic E-state index is 1.01. The van der Waals surface area contributed by atoms with Gasteiger partial charge in [0.1, 0.15) is 0 Å². The molecule has 0 heterocycles. The zero-order valence-corrected chi connectivity index (χ0v) is 11.6. The highest BCUT2D eigenvalue weighted by atomic mass is 14.0. The van der Waals surface area contributed by atoms with Crippen LogP contribution >= 0.6 is 0 Å².